The van der Waals surface area contributed by atoms with Crippen molar-refractivity contribution in [2.24, 2.45) is 5.92 Å². The van der Waals surface area contributed by atoms with Gasteiger partial charge in [0.15, 0.2) is 0 Å². The Hall–Kier alpha value is -1.20. The van der Waals surface area contributed by atoms with E-state index < -0.39 is 0 Å². The van der Waals surface area contributed by atoms with E-state index in [9.17, 15) is 0 Å². The second-order valence-electron chi connectivity index (χ2n) is 5.44. The van der Waals surface area contributed by atoms with Gasteiger partial charge in [0.05, 0.1) is 17.5 Å². The number of imidazole rings is 1. The van der Waals surface area contributed by atoms with Crippen molar-refractivity contribution in [3.05, 3.63) is 34.8 Å². The number of rotatable bonds is 3. The van der Waals surface area contributed by atoms with Crippen molar-refractivity contribution >= 4 is 11.3 Å². The molecule has 2 aromatic rings. The van der Waals surface area contributed by atoms with Gasteiger partial charge in [-0.3, -0.25) is 4.90 Å². The minimum absolute atomic E-state index is 0.546. The lowest BCUT2D eigenvalue weighted by atomic mass is 9.93. The van der Waals surface area contributed by atoms with Crippen molar-refractivity contribution in [2.75, 3.05) is 13.1 Å². The molecule has 1 aliphatic rings. The molecule has 1 aliphatic heterocycles. The summed E-state index contributed by atoms with van der Waals surface area (Å²) >= 11 is 1.77. The Morgan fingerprint density at radius 2 is 2.37 bits per heavy atom. The summed E-state index contributed by atoms with van der Waals surface area (Å²) in [4.78, 5) is 12.5. The van der Waals surface area contributed by atoms with E-state index in [0.717, 1.165) is 13.1 Å². The van der Waals surface area contributed by atoms with Crippen LogP contribution in [0.2, 0.25) is 0 Å². The van der Waals surface area contributed by atoms with Gasteiger partial charge in [0.2, 0.25) is 0 Å². The van der Waals surface area contributed by atoms with E-state index in [1.165, 1.54) is 23.5 Å². The Morgan fingerprint density at radius 3 is 3.05 bits per heavy atom. The molecule has 0 aliphatic carbocycles. The summed E-state index contributed by atoms with van der Waals surface area (Å²) in [6.45, 7) is 7.78. The lowest BCUT2D eigenvalue weighted by Crippen LogP contribution is -2.40. The van der Waals surface area contributed by atoms with Crippen LogP contribution in [0.15, 0.2) is 24.2 Å². The normalized spacial score (nSPS) is 24.7. The highest BCUT2D eigenvalue weighted by Crippen LogP contribution is 2.29. The fraction of sp³-hybridized carbons (Fsp3) is 0.571. The maximum Gasteiger partial charge on any atom is 0.0949 e. The lowest BCUT2D eigenvalue weighted by Gasteiger charge is -2.37. The first-order valence-electron chi connectivity index (χ1n) is 6.83. The Labute approximate surface area is 118 Å². The summed E-state index contributed by atoms with van der Waals surface area (Å²) in [5, 5.41) is 0. The molecule has 0 bridgehead atoms. The molecule has 0 N–H and O–H groups in total. The van der Waals surface area contributed by atoms with Crippen molar-refractivity contribution in [2.45, 2.75) is 32.9 Å². The van der Waals surface area contributed by atoms with Crippen LogP contribution in [0.3, 0.4) is 0 Å². The number of thiazole rings is 1. The summed E-state index contributed by atoms with van der Waals surface area (Å²) in [5.41, 5.74) is 3.13. The molecule has 4 nitrogen and oxygen atoms in total. The van der Waals surface area contributed by atoms with Gasteiger partial charge in [0.25, 0.3) is 0 Å². The molecule has 19 heavy (non-hydrogen) atoms. The van der Waals surface area contributed by atoms with Crippen molar-refractivity contribution in [3.63, 3.8) is 0 Å². The summed E-state index contributed by atoms with van der Waals surface area (Å²) in [5.74, 6) is 0.716. The second-order valence-corrected chi connectivity index (χ2v) is 6.38. The van der Waals surface area contributed by atoms with Crippen LogP contribution in [-0.2, 0) is 6.54 Å². The molecule has 102 valence electrons. The summed E-state index contributed by atoms with van der Waals surface area (Å²) in [6, 6.07) is 0.546. The molecule has 1 saturated heterocycles. The highest BCUT2D eigenvalue weighted by molar-refractivity contribution is 7.09. The first kappa shape index (κ1) is 12.8. The summed E-state index contributed by atoms with van der Waals surface area (Å²) in [6.07, 6.45) is 7.16. The molecule has 0 aromatic carbocycles. The molecule has 0 radical (unpaired) electrons. The van der Waals surface area contributed by atoms with Crippen molar-refractivity contribution in [3.8, 4) is 0 Å². The van der Waals surface area contributed by atoms with Gasteiger partial charge in [-0.25, -0.2) is 9.97 Å². The first-order chi connectivity index (χ1) is 9.24. The smallest absolute Gasteiger partial charge is 0.0949 e. The van der Waals surface area contributed by atoms with Crippen molar-refractivity contribution in [1.29, 1.82) is 0 Å². The molecule has 0 amide bonds. The molecule has 3 rings (SSSR count). The van der Waals surface area contributed by atoms with Crippen LogP contribution in [0, 0.1) is 12.8 Å². The lowest BCUT2D eigenvalue weighted by molar-refractivity contribution is 0.127. The standard InChI is InChI=1S/C14H20N4S/c1-11-3-5-17(8-14-12(2)16-10-19-14)7-13(11)18-6-4-15-9-18/h4,6,9-11,13H,3,5,7-8H2,1-2H3. The number of hydrogen-bond donors (Lipinski definition) is 0. The SMILES string of the molecule is Cc1ncsc1CN1CCC(C)C(n2ccnc2)C1. The fourth-order valence-corrected chi connectivity index (χ4v) is 3.61. The zero-order chi connectivity index (χ0) is 13.2. The van der Waals surface area contributed by atoms with Gasteiger partial charge in [-0.15, -0.1) is 11.3 Å². The minimum atomic E-state index is 0.546. The van der Waals surface area contributed by atoms with Gasteiger partial charge < -0.3 is 4.57 Å². The fourth-order valence-electron chi connectivity index (χ4n) is 2.79. The molecule has 2 atom stereocenters. The van der Waals surface area contributed by atoms with Crippen molar-refractivity contribution in [1.82, 2.24) is 19.4 Å². The molecule has 2 aromatic heterocycles. The topological polar surface area (TPSA) is 34.0 Å². The van der Waals surface area contributed by atoms with E-state index in [2.05, 4.69) is 39.5 Å². The molecule has 2 unspecified atom stereocenters. The number of hydrogen-bond acceptors (Lipinski definition) is 4. The predicted molar refractivity (Wildman–Crippen MR) is 77.2 cm³/mol. The van der Waals surface area contributed by atoms with E-state index in [0.29, 0.717) is 12.0 Å². The van der Waals surface area contributed by atoms with Gasteiger partial charge in [0, 0.05) is 36.4 Å². The van der Waals surface area contributed by atoms with Gasteiger partial charge in [-0.2, -0.15) is 0 Å². The van der Waals surface area contributed by atoms with Crippen LogP contribution < -0.4 is 0 Å². The number of nitrogens with zero attached hydrogens (tertiary/aromatic N) is 4. The van der Waals surface area contributed by atoms with Crippen LogP contribution in [0.4, 0.5) is 0 Å². The van der Waals surface area contributed by atoms with Crippen LogP contribution in [-0.4, -0.2) is 32.5 Å². The highest BCUT2D eigenvalue weighted by atomic mass is 32.1. The van der Waals surface area contributed by atoms with Gasteiger partial charge in [-0.05, 0) is 25.8 Å². The Balaban J connectivity index is 1.70. The van der Waals surface area contributed by atoms with Crippen LogP contribution in [0.25, 0.3) is 0 Å². The molecular weight excluding hydrogens is 256 g/mol. The van der Waals surface area contributed by atoms with E-state index in [4.69, 9.17) is 0 Å². The maximum absolute atomic E-state index is 4.34. The van der Waals surface area contributed by atoms with E-state index >= 15 is 0 Å². The Morgan fingerprint density at radius 1 is 1.47 bits per heavy atom. The maximum atomic E-state index is 4.34. The number of piperidine rings is 1. The zero-order valence-corrected chi connectivity index (χ0v) is 12.3. The Kier molecular flexibility index (Phi) is 3.66. The van der Waals surface area contributed by atoms with E-state index in [-0.39, 0.29) is 0 Å². The number of aryl methyl sites for hydroxylation is 1. The minimum Gasteiger partial charge on any atom is -0.333 e. The molecule has 5 heteroatoms. The Bertz CT molecular complexity index is 519. The predicted octanol–water partition coefficient (Wildman–Crippen LogP) is 2.73. The third-order valence-corrected chi connectivity index (χ3v) is 5.04. The monoisotopic (exact) mass is 276 g/mol. The number of aromatic nitrogens is 3. The summed E-state index contributed by atoms with van der Waals surface area (Å²) < 4.78 is 2.26. The van der Waals surface area contributed by atoms with E-state index in [1.807, 2.05) is 18.0 Å². The largest absolute Gasteiger partial charge is 0.333 e. The van der Waals surface area contributed by atoms with Crippen LogP contribution in [0.1, 0.15) is 30.0 Å². The third kappa shape index (κ3) is 2.72. The molecular formula is C14H20N4S. The molecule has 1 fully saturated rings. The average molecular weight is 276 g/mol. The first-order valence-corrected chi connectivity index (χ1v) is 7.71. The van der Waals surface area contributed by atoms with Crippen molar-refractivity contribution < 1.29 is 0 Å². The third-order valence-electron chi connectivity index (χ3n) is 4.12. The van der Waals surface area contributed by atoms with Crippen LogP contribution in [0.5, 0.6) is 0 Å². The van der Waals surface area contributed by atoms with Gasteiger partial charge in [0.1, 0.15) is 0 Å². The molecule has 0 saturated carbocycles. The number of likely N-dealkylation sites (tertiary alicyclic amines) is 1. The highest BCUT2D eigenvalue weighted by Gasteiger charge is 2.27. The van der Waals surface area contributed by atoms with E-state index in [1.54, 1.807) is 11.3 Å². The summed E-state index contributed by atoms with van der Waals surface area (Å²) in [7, 11) is 0. The average Bonchev–Trinajstić information content (AvgIpc) is 3.04. The molecule has 3 heterocycles. The second kappa shape index (κ2) is 5.43. The van der Waals surface area contributed by atoms with Crippen LogP contribution >= 0.6 is 11.3 Å². The quantitative estimate of drug-likeness (QED) is 0.864. The van der Waals surface area contributed by atoms with Gasteiger partial charge in [-0.1, -0.05) is 6.92 Å². The molecule has 0 spiro atoms. The zero-order valence-electron chi connectivity index (χ0n) is 11.5. The van der Waals surface area contributed by atoms with Gasteiger partial charge >= 0.3 is 0 Å².